The Kier molecular flexibility index (Phi) is 6.28. The van der Waals surface area contributed by atoms with Gasteiger partial charge in [0.1, 0.15) is 5.82 Å². The van der Waals surface area contributed by atoms with Crippen molar-refractivity contribution in [2.75, 3.05) is 30.7 Å². The van der Waals surface area contributed by atoms with Crippen molar-refractivity contribution >= 4 is 39.3 Å². The minimum absolute atomic E-state index is 0.161. The predicted octanol–water partition coefficient (Wildman–Crippen LogP) is 3.15. The van der Waals surface area contributed by atoms with E-state index in [1.807, 2.05) is 0 Å². The molecule has 2 amide bonds. The first kappa shape index (κ1) is 22.8. The number of halogens is 1. The van der Waals surface area contributed by atoms with Gasteiger partial charge in [0, 0.05) is 43.6 Å². The molecule has 0 atom stereocenters. The van der Waals surface area contributed by atoms with Crippen LogP contribution in [-0.2, 0) is 14.8 Å². The maximum absolute atomic E-state index is 13.6. The molecule has 2 heterocycles. The highest BCUT2D eigenvalue weighted by atomic mass is 32.2. The lowest BCUT2D eigenvalue weighted by Crippen LogP contribution is -2.53. The Bertz CT molecular complexity index is 1130. The summed E-state index contributed by atoms with van der Waals surface area (Å²) in [6.07, 6.45) is 1.00. The number of carbonyl (C=O) groups is 2. The van der Waals surface area contributed by atoms with Crippen LogP contribution in [0.4, 0.5) is 10.1 Å². The highest BCUT2D eigenvalue weighted by Crippen LogP contribution is 2.45. The number of rotatable bonds is 4. The molecule has 0 bridgehead atoms. The van der Waals surface area contributed by atoms with E-state index in [9.17, 15) is 22.4 Å². The predicted molar refractivity (Wildman–Crippen MR) is 121 cm³/mol. The molecule has 0 saturated carbocycles. The van der Waals surface area contributed by atoms with Gasteiger partial charge in [-0.05, 0) is 55.3 Å². The molecule has 2 aliphatic heterocycles. The first-order valence-electron chi connectivity index (χ1n) is 10.3. The minimum Gasteiger partial charge on any atom is -0.326 e. The Morgan fingerprint density at radius 3 is 2.38 bits per heavy atom. The molecule has 0 unspecified atom stereocenters. The van der Waals surface area contributed by atoms with Crippen LogP contribution in [0.5, 0.6) is 0 Å². The summed E-state index contributed by atoms with van der Waals surface area (Å²) in [5, 5.41) is 2.62. The second-order valence-electron chi connectivity index (χ2n) is 7.87. The molecular weight excluding hydrogens is 453 g/mol. The van der Waals surface area contributed by atoms with Gasteiger partial charge in [0.25, 0.3) is 5.91 Å². The fourth-order valence-electron chi connectivity index (χ4n) is 4.23. The zero-order chi connectivity index (χ0) is 22.9. The fraction of sp³-hybridized carbons (Fsp3) is 0.364. The van der Waals surface area contributed by atoms with Gasteiger partial charge in [0.2, 0.25) is 15.9 Å². The van der Waals surface area contributed by atoms with Crippen LogP contribution >= 0.6 is 11.8 Å². The van der Waals surface area contributed by atoms with Crippen molar-refractivity contribution in [3.8, 4) is 0 Å². The number of amides is 2. The van der Waals surface area contributed by atoms with Gasteiger partial charge in [-0.25, -0.2) is 12.8 Å². The summed E-state index contributed by atoms with van der Waals surface area (Å²) in [5.74, 6) is -0.145. The van der Waals surface area contributed by atoms with Gasteiger partial charge in [0.15, 0.2) is 0 Å². The molecule has 0 radical (unpaired) electrons. The van der Waals surface area contributed by atoms with Gasteiger partial charge in [0.05, 0.1) is 9.77 Å². The number of sulfonamides is 1. The summed E-state index contributed by atoms with van der Waals surface area (Å²) in [6.45, 7) is 2.51. The molecular formula is C22H24FN3O4S2. The number of nitrogens with zero attached hydrogens (tertiary/aromatic N) is 2. The normalized spacial score (nSPS) is 18.6. The van der Waals surface area contributed by atoms with Crippen molar-refractivity contribution in [2.45, 2.75) is 29.5 Å². The van der Waals surface area contributed by atoms with Gasteiger partial charge in [-0.2, -0.15) is 4.31 Å². The average molecular weight is 478 g/mol. The van der Waals surface area contributed by atoms with Crippen LogP contribution in [0.3, 0.4) is 0 Å². The first-order valence-corrected chi connectivity index (χ1v) is 12.7. The highest BCUT2D eigenvalue weighted by molar-refractivity contribution is 8.00. The number of benzene rings is 2. The fourth-order valence-corrected chi connectivity index (χ4v) is 7.12. The maximum Gasteiger partial charge on any atom is 0.255 e. The molecule has 2 saturated heterocycles. The third-order valence-corrected chi connectivity index (χ3v) is 9.28. The minimum atomic E-state index is -3.69. The first-order chi connectivity index (χ1) is 15.2. The summed E-state index contributed by atoms with van der Waals surface area (Å²) in [6, 6.07) is 11.7. The summed E-state index contributed by atoms with van der Waals surface area (Å²) in [7, 11) is -3.69. The van der Waals surface area contributed by atoms with Crippen LogP contribution in [-0.4, -0.2) is 59.7 Å². The van der Waals surface area contributed by atoms with Crippen LogP contribution in [0.1, 0.15) is 30.1 Å². The van der Waals surface area contributed by atoms with E-state index in [1.165, 1.54) is 41.6 Å². The number of hydrogen-bond donors (Lipinski definition) is 1. The van der Waals surface area contributed by atoms with Crippen LogP contribution in [0.2, 0.25) is 0 Å². The number of hydrogen-bond acceptors (Lipinski definition) is 5. The van der Waals surface area contributed by atoms with Gasteiger partial charge in [-0.3, -0.25) is 9.59 Å². The molecule has 0 aliphatic carbocycles. The largest absolute Gasteiger partial charge is 0.326 e. The van der Waals surface area contributed by atoms with Gasteiger partial charge in [-0.1, -0.05) is 6.07 Å². The standard InChI is InChI=1S/C22H24FN3O4S2/c1-16(27)24-19-5-7-20(8-6-19)32(29,30)25-11-9-22(10-12-25)26(13-14-31-22)21(28)17-3-2-4-18(23)15-17/h2-8,15H,9-14H2,1H3,(H,24,27). The summed E-state index contributed by atoms with van der Waals surface area (Å²) in [5.41, 5.74) is 0.837. The van der Waals surface area contributed by atoms with E-state index in [-0.39, 0.29) is 29.8 Å². The Morgan fingerprint density at radius 1 is 1.06 bits per heavy atom. The molecule has 2 aromatic rings. The van der Waals surface area contributed by atoms with E-state index in [1.54, 1.807) is 34.9 Å². The van der Waals surface area contributed by atoms with Crippen LogP contribution in [0, 0.1) is 5.82 Å². The second kappa shape index (κ2) is 8.84. The lowest BCUT2D eigenvalue weighted by molar-refractivity contribution is -0.114. The van der Waals surface area contributed by atoms with Crippen molar-refractivity contribution in [3.05, 3.63) is 59.9 Å². The molecule has 32 heavy (non-hydrogen) atoms. The molecule has 2 fully saturated rings. The molecule has 1 N–H and O–H groups in total. The monoisotopic (exact) mass is 477 g/mol. The Hall–Kier alpha value is -2.43. The summed E-state index contributed by atoms with van der Waals surface area (Å²) >= 11 is 1.67. The van der Waals surface area contributed by atoms with Crippen LogP contribution < -0.4 is 5.32 Å². The average Bonchev–Trinajstić information content (AvgIpc) is 3.16. The van der Waals surface area contributed by atoms with Crippen molar-refractivity contribution in [1.29, 1.82) is 0 Å². The van der Waals surface area contributed by atoms with E-state index in [4.69, 9.17) is 0 Å². The molecule has 2 aromatic carbocycles. The van der Waals surface area contributed by atoms with Crippen molar-refractivity contribution in [1.82, 2.24) is 9.21 Å². The Morgan fingerprint density at radius 2 is 1.75 bits per heavy atom. The van der Waals surface area contributed by atoms with Gasteiger partial charge in [-0.15, -0.1) is 11.8 Å². The Labute approximate surface area is 191 Å². The van der Waals surface area contributed by atoms with Crippen LogP contribution in [0.15, 0.2) is 53.4 Å². The lowest BCUT2D eigenvalue weighted by Gasteiger charge is -2.43. The number of nitrogens with one attached hydrogen (secondary N) is 1. The van der Waals surface area contributed by atoms with E-state index < -0.39 is 20.7 Å². The zero-order valence-corrected chi connectivity index (χ0v) is 19.2. The highest BCUT2D eigenvalue weighted by Gasteiger charge is 2.48. The van der Waals surface area contributed by atoms with E-state index in [2.05, 4.69) is 5.32 Å². The Balaban J connectivity index is 1.47. The third kappa shape index (κ3) is 4.39. The third-order valence-electron chi connectivity index (χ3n) is 5.81. The van der Waals surface area contributed by atoms with E-state index in [0.29, 0.717) is 30.6 Å². The van der Waals surface area contributed by atoms with Crippen molar-refractivity contribution in [2.24, 2.45) is 0 Å². The smallest absolute Gasteiger partial charge is 0.255 e. The molecule has 0 aromatic heterocycles. The van der Waals surface area contributed by atoms with E-state index in [0.717, 1.165) is 5.75 Å². The number of anilines is 1. The zero-order valence-electron chi connectivity index (χ0n) is 17.6. The quantitative estimate of drug-likeness (QED) is 0.731. The van der Waals surface area contributed by atoms with Crippen molar-refractivity contribution in [3.63, 3.8) is 0 Å². The molecule has 7 nitrogen and oxygen atoms in total. The SMILES string of the molecule is CC(=O)Nc1ccc(S(=O)(=O)N2CCC3(CC2)SCCN3C(=O)c2cccc(F)c2)cc1. The molecule has 2 aliphatic rings. The van der Waals surface area contributed by atoms with E-state index >= 15 is 0 Å². The molecule has 170 valence electrons. The molecule has 4 rings (SSSR count). The van der Waals surface area contributed by atoms with Gasteiger partial charge < -0.3 is 10.2 Å². The molecule has 10 heteroatoms. The van der Waals surface area contributed by atoms with Gasteiger partial charge >= 0.3 is 0 Å². The summed E-state index contributed by atoms with van der Waals surface area (Å²) < 4.78 is 41.3. The van der Waals surface area contributed by atoms with Crippen LogP contribution in [0.25, 0.3) is 0 Å². The number of piperidine rings is 1. The number of thioether (sulfide) groups is 1. The topological polar surface area (TPSA) is 86.8 Å². The second-order valence-corrected chi connectivity index (χ2v) is 11.3. The maximum atomic E-state index is 13.6. The molecule has 1 spiro atoms. The summed E-state index contributed by atoms with van der Waals surface area (Å²) in [4.78, 5) is 25.7. The lowest BCUT2D eigenvalue weighted by atomic mass is 10.0. The number of carbonyl (C=O) groups excluding carboxylic acids is 2. The van der Waals surface area contributed by atoms with Crippen molar-refractivity contribution < 1.29 is 22.4 Å².